The lowest BCUT2D eigenvalue weighted by Crippen LogP contribution is -2.67. The fourth-order valence-electron chi connectivity index (χ4n) is 5.21. The van der Waals surface area contributed by atoms with Crippen LogP contribution in [0.15, 0.2) is 48.5 Å². The molecular weight excluding hydrogens is 402 g/mol. The molecule has 2 aliphatic rings. The Bertz CT molecular complexity index is 973. The number of carbonyl (C=O) groups excluding carboxylic acids is 2. The largest absolute Gasteiger partial charge is 0.395 e. The molecule has 0 saturated carbocycles. The third kappa shape index (κ3) is 4.30. The maximum Gasteiger partial charge on any atom is 0.253 e. The Balaban J connectivity index is 1.57. The van der Waals surface area contributed by atoms with Crippen LogP contribution in [0.4, 0.5) is 0 Å². The van der Waals surface area contributed by atoms with E-state index in [1.54, 1.807) is 25.9 Å². The summed E-state index contributed by atoms with van der Waals surface area (Å²) in [6, 6.07) is 16.5. The second kappa shape index (κ2) is 9.43. The van der Waals surface area contributed by atoms with Crippen molar-refractivity contribution in [1.82, 2.24) is 14.7 Å². The summed E-state index contributed by atoms with van der Waals surface area (Å²) in [7, 11) is 3.51. The van der Waals surface area contributed by atoms with Crippen molar-refractivity contribution in [3.8, 4) is 11.1 Å². The Morgan fingerprint density at radius 1 is 1.03 bits per heavy atom. The minimum atomic E-state index is -0.0110. The predicted octanol–water partition coefficient (Wildman–Crippen LogP) is 2.83. The number of hydrogen-bond donors (Lipinski definition) is 1. The SMILES string of the molecule is CC(=O)N1CCCCN2[C@H](CO)[C@H](c3ccc(-c4cccc(C(=O)N(C)C)c4)cc3)[C@H]2C1. The van der Waals surface area contributed by atoms with E-state index in [1.165, 1.54) is 5.56 Å². The lowest BCUT2D eigenvalue weighted by atomic mass is 9.74. The van der Waals surface area contributed by atoms with E-state index >= 15 is 0 Å². The van der Waals surface area contributed by atoms with Gasteiger partial charge < -0.3 is 14.9 Å². The molecule has 2 fully saturated rings. The molecule has 0 bridgehead atoms. The van der Waals surface area contributed by atoms with Gasteiger partial charge in [-0.1, -0.05) is 36.4 Å². The van der Waals surface area contributed by atoms with Crippen molar-refractivity contribution in [2.45, 2.75) is 37.8 Å². The van der Waals surface area contributed by atoms with Crippen LogP contribution in [0.2, 0.25) is 0 Å². The third-order valence-electron chi connectivity index (χ3n) is 6.96. The van der Waals surface area contributed by atoms with Crippen LogP contribution in [0.25, 0.3) is 11.1 Å². The molecule has 170 valence electrons. The van der Waals surface area contributed by atoms with Crippen LogP contribution in [-0.4, -0.2) is 84.0 Å². The molecule has 2 heterocycles. The van der Waals surface area contributed by atoms with Crippen LogP contribution < -0.4 is 0 Å². The van der Waals surface area contributed by atoms with Crippen LogP contribution in [-0.2, 0) is 4.79 Å². The van der Waals surface area contributed by atoms with Crippen LogP contribution in [0.5, 0.6) is 0 Å². The van der Waals surface area contributed by atoms with Gasteiger partial charge in [0.25, 0.3) is 5.91 Å². The molecule has 2 saturated heterocycles. The molecular formula is C26H33N3O3. The van der Waals surface area contributed by atoms with Crippen molar-refractivity contribution in [3.05, 3.63) is 59.7 Å². The van der Waals surface area contributed by atoms with Crippen molar-refractivity contribution in [3.63, 3.8) is 0 Å². The number of benzene rings is 2. The first-order chi connectivity index (χ1) is 15.4. The van der Waals surface area contributed by atoms with Crippen LogP contribution in [0.3, 0.4) is 0 Å². The Kier molecular flexibility index (Phi) is 6.63. The molecule has 3 atom stereocenters. The van der Waals surface area contributed by atoms with Crippen molar-refractivity contribution in [2.75, 3.05) is 40.3 Å². The molecule has 6 nitrogen and oxygen atoms in total. The summed E-state index contributed by atoms with van der Waals surface area (Å²) in [4.78, 5) is 30.3. The molecule has 2 amide bonds. The lowest BCUT2D eigenvalue weighted by Gasteiger charge is -2.57. The zero-order chi connectivity index (χ0) is 22.8. The van der Waals surface area contributed by atoms with E-state index in [4.69, 9.17) is 0 Å². The normalized spacial score (nSPS) is 23.5. The van der Waals surface area contributed by atoms with Gasteiger partial charge in [0.15, 0.2) is 0 Å². The van der Waals surface area contributed by atoms with Crippen molar-refractivity contribution in [1.29, 1.82) is 0 Å². The van der Waals surface area contributed by atoms with Gasteiger partial charge in [0, 0.05) is 57.7 Å². The lowest BCUT2D eigenvalue weighted by molar-refractivity contribution is -0.134. The second-order valence-corrected chi connectivity index (χ2v) is 9.16. The standard InChI is InChI=1S/C26H33N3O3/c1-18(31)28-13-4-5-14-29-23(16-28)25(24(29)17-30)20-11-9-19(10-12-20)21-7-6-8-22(15-21)26(32)27(2)3/h6-12,15,23-25,30H,4-5,13-14,16-17H2,1-3H3/t23-,24-,25-/m1/s1. The smallest absolute Gasteiger partial charge is 0.253 e. The first-order valence-corrected chi connectivity index (χ1v) is 11.4. The summed E-state index contributed by atoms with van der Waals surface area (Å²) in [6.45, 7) is 4.28. The van der Waals surface area contributed by atoms with E-state index in [9.17, 15) is 14.7 Å². The summed E-state index contributed by atoms with van der Waals surface area (Å²) in [6.07, 6.45) is 2.06. The van der Waals surface area contributed by atoms with E-state index in [1.807, 2.05) is 29.2 Å². The van der Waals surface area contributed by atoms with Crippen LogP contribution >= 0.6 is 0 Å². The van der Waals surface area contributed by atoms with Crippen molar-refractivity contribution >= 4 is 11.8 Å². The van der Waals surface area contributed by atoms with Crippen molar-refractivity contribution in [2.24, 2.45) is 0 Å². The molecule has 1 N–H and O–H groups in total. The number of rotatable bonds is 4. The number of amides is 2. The molecule has 0 aromatic heterocycles. The zero-order valence-corrected chi connectivity index (χ0v) is 19.2. The number of hydrogen-bond acceptors (Lipinski definition) is 4. The number of nitrogens with zero attached hydrogens (tertiary/aromatic N) is 3. The highest BCUT2D eigenvalue weighted by atomic mass is 16.3. The average Bonchev–Trinajstić information content (AvgIpc) is 2.77. The molecule has 2 aromatic carbocycles. The first-order valence-electron chi connectivity index (χ1n) is 11.4. The van der Waals surface area contributed by atoms with Gasteiger partial charge in [-0.05, 0) is 48.2 Å². The fourth-order valence-corrected chi connectivity index (χ4v) is 5.21. The molecule has 4 rings (SSSR count). The molecule has 0 aliphatic carbocycles. The van der Waals surface area contributed by atoms with E-state index in [-0.39, 0.29) is 36.4 Å². The highest BCUT2D eigenvalue weighted by Gasteiger charge is 2.49. The Morgan fingerprint density at radius 3 is 2.41 bits per heavy atom. The number of aliphatic hydroxyl groups excluding tert-OH is 1. The minimum absolute atomic E-state index is 0.0110. The highest BCUT2D eigenvalue weighted by molar-refractivity contribution is 5.95. The van der Waals surface area contributed by atoms with Gasteiger partial charge in [0.05, 0.1) is 6.61 Å². The minimum Gasteiger partial charge on any atom is -0.395 e. The van der Waals surface area contributed by atoms with Gasteiger partial charge in [-0.25, -0.2) is 0 Å². The first kappa shape index (κ1) is 22.5. The number of aliphatic hydroxyl groups is 1. The van der Waals surface area contributed by atoms with E-state index in [0.29, 0.717) is 12.1 Å². The second-order valence-electron chi connectivity index (χ2n) is 9.16. The molecule has 2 aromatic rings. The van der Waals surface area contributed by atoms with E-state index in [2.05, 4.69) is 29.2 Å². The monoisotopic (exact) mass is 435 g/mol. The summed E-state index contributed by atoms with van der Waals surface area (Å²) in [5.41, 5.74) is 3.93. The highest BCUT2D eigenvalue weighted by Crippen LogP contribution is 2.42. The Labute approximate surface area is 190 Å². The number of fused-ring (bicyclic) bond motifs is 1. The van der Waals surface area contributed by atoms with Gasteiger partial charge in [-0.2, -0.15) is 0 Å². The molecule has 0 unspecified atom stereocenters. The van der Waals surface area contributed by atoms with Crippen molar-refractivity contribution < 1.29 is 14.7 Å². The zero-order valence-electron chi connectivity index (χ0n) is 19.2. The van der Waals surface area contributed by atoms with Gasteiger partial charge in [-0.15, -0.1) is 0 Å². The van der Waals surface area contributed by atoms with Crippen LogP contribution in [0.1, 0.15) is 41.6 Å². The van der Waals surface area contributed by atoms with E-state index < -0.39 is 0 Å². The fraction of sp³-hybridized carbons (Fsp3) is 0.462. The van der Waals surface area contributed by atoms with Gasteiger partial charge in [-0.3, -0.25) is 14.5 Å². The van der Waals surface area contributed by atoms with Gasteiger partial charge in [0.2, 0.25) is 5.91 Å². The predicted molar refractivity (Wildman–Crippen MR) is 125 cm³/mol. The number of carbonyl (C=O) groups is 2. The molecule has 32 heavy (non-hydrogen) atoms. The summed E-state index contributed by atoms with van der Waals surface area (Å²) < 4.78 is 0. The third-order valence-corrected chi connectivity index (χ3v) is 6.96. The average molecular weight is 436 g/mol. The van der Waals surface area contributed by atoms with Gasteiger partial charge >= 0.3 is 0 Å². The summed E-state index contributed by atoms with van der Waals surface area (Å²) >= 11 is 0. The molecule has 2 aliphatic heterocycles. The maximum atomic E-state index is 12.3. The topological polar surface area (TPSA) is 64.1 Å². The van der Waals surface area contributed by atoms with E-state index in [0.717, 1.165) is 37.1 Å². The van der Waals surface area contributed by atoms with Crippen LogP contribution in [0, 0.1) is 0 Å². The summed E-state index contributed by atoms with van der Waals surface area (Å²) in [5.74, 6) is 0.319. The molecule has 0 spiro atoms. The maximum absolute atomic E-state index is 12.3. The quantitative estimate of drug-likeness (QED) is 0.802. The molecule has 0 radical (unpaired) electrons. The van der Waals surface area contributed by atoms with Gasteiger partial charge in [0.1, 0.15) is 0 Å². The Morgan fingerprint density at radius 2 is 1.75 bits per heavy atom. The molecule has 6 heteroatoms. The Hall–Kier alpha value is -2.70. The summed E-state index contributed by atoms with van der Waals surface area (Å²) in [5, 5.41) is 10.1.